The molecule has 0 aliphatic rings. The molecule has 0 atom stereocenters. The van der Waals surface area contributed by atoms with E-state index in [-0.39, 0.29) is 17.4 Å². The minimum atomic E-state index is -1.05. The van der Waals surface area contributed by atoms with E-state index in [2.05, 4.69) is 5.10 Å². The van der Waals surface area contributed by atoms with Crippen molar-refractivity contribution < 1.29 is 19.4 Å². The maximum Gasteiger partial charge on any atom is 0.343 e. The molecule has 1 aromatic heterocycles. The number of aromatic carboxylic acids is 1. The van der Waals surface area contributed by atoms with Crippen LogP contribution in [0, 0.1) is 0 Å². The Hall–Kier alpha value is -2.50. The summed E-state index contributed by atoms with van der Waals surface area (Å²) in [6.07, 6.45) is 0. The molecule has 2 rings (SSSR count). The van der Waals surface area contributed by atoms with E-state index in [0.29, 0.717) is 17.1 Å². The summed E-state index contributed by atoms with van der Waals surface area (Å²) in [5.41, 5.74) is 1.31. The number of ether oxygens (including phenoxy) is 2. The van der Waals surface area contributed by atoms with E-state index in [1.807, 2.05) is 13.8 Å². The Labute approximate surface area is 122 Å². The molecular formula is C15H18N2O4. The molecular weight excluding hydrogens is 272 g/mol. The highest BCUT2D eigenvalue weighted by Crippen LogP contribution is 2.30. The normalized spacial score (nSPS) is 10.7. The summed E-state index contributed by atoms with van der Waals surface area (Å²) in [4.78, 5) is 11.5. The topological polar surface area (TPSA) is 73.6 Å². The molecule has 0 saturated carbocycles. The summed E-state index contributed by atoms with van der Waals surface area (Å²) in [7, 11) is 3.02. The standard InChI is InChI=1S/C15H18N2O4/c1-9(2)13-12(15(18)19)14(21-4)17(16-13)10-5-7-11(20-3)8-6-10/h5-9H,1-4H3,(H,18,19). The van der Waals surface area contributed by atoms with Gasteiger partial charge in [-0.1, -0.05) is 13.8 Å². The van der Waals surface area contributed by atoms with Crippen LogP contribution in [0.25, 0.3) is 5.69 Å². The lowest BCUT2D eigenvalue weighted by molar-refractivity contribution is 0.0691. The van der Waals surface area contributed by atoms with Crippen LogP contribution in [0.4, 0.5) is 0 Å². The second kappa shape index (κ2) is 5.87. The molecule has 0 amide bonds. The summed E-state index contributed by atoms with van der Waals surface area (Å²) in [5, 5.41) is 13.8. The van der Waals surface area contributed by atoms with Gasteiger partial charge in [0.15, 0.2) is 0 Å². The molecule has 0 aliphatic carbocycles. The summed E-state index contributed by atoms with van der Waals surface area (Å²) in [6, 6.07) is 7.16. The van der Waals surface area contributed by atoms with Crippen molar-refractivity contribution in [1.82, 2.24) is 9.78 Å². The van der Waals surface area contributed by atoms with E-state index >= 15 is 0 Å². The van der Waals surface area contributed by atoms with Gasteiger partial charge in [0, 0.05) is 0 Å². The number of methoxy groups -OCH3 is 2. The highest BCUT2D eigenvalue weighted by molar-refractivity contribution is 5.92. The third kappa shape index (κ3) is 2.69. The first-order valence-electron chi connectivity index (χ1n) is 6.54. The molecule has 0 fully saturated rings. The van der Waals surface area contributed by atoms with Crippen molar-refractivity contribution in [2.24, 2.45) is 0 Å². The molecule has 1 N–H and O–H groups in total. The molecule has 1 heterocycles. The van der Waals surface area contributed by atoms with Crippen LogP contribution in [0.5, 0.6) is 11.6 Å². The van der Waals surface area contributed by atoms with Crippen molar-refractivity contribution in [3.05, 3.63) is 35.5 Å². The fourth-order valence-corrected chi connectivity index (χ4v) is 2.11. The van der Waals surface area contributed by atoms with E-state index in [4.69, 9.17) is 9.47 Å². The third-order valence-electron chi connectivity index (χ3n) is 3.14. The largest absolute Gasteiger partial charge is 0.497 e. The van der Waals surface area contributed by atoms with Gasteiger partial charge in [-0.05, 0) is 30.2 Å². The molecule has 112 valence electrons. The minimum Gasteiger partial charge on any atom is -0.497 e. The number of carboxylic acids is 1. The summed E-state index contributed by atoms with van der Waals surface area (Å²) < 4.78 is 11.9. The van der Waals surface area contributed by atoms with Crippen molar-refractivity contribution in [1.29, 1.82) is 0 Å². The van der Waals surface area contributed by atoms with Crippen LogP contribution < -0.4 is 9.47 Å². The Balaban J connectivity index is 2.62. The SMILES string of the molecule is COc1ccc(-n2nc(C(C)C)c(C(=O)O)c2OC)cc1. The van der Waals surface area contributed by atoms with Gasteiger partial charge in [-0.2, -0.15) is 5.10 Å². The molecule has 2 aromatic rings. The van der Waals surface area contributed by atoms with Gasteiger partial charge in [0.2, 0.25) is 5.88 Å². The Morgan fingerprint density at radius 1 is 1.19 bits per heavy atom. The van der Waals surface area contributed by atoms with Crippen molar-refractivity contribution in [3.8, 4) is 17.3 Å². The zero-order valence-corrected chi connectivity index (χ0v) is 12.5. The first-order valence-corrected chi connectivity index (χ1v) is 6.54. The molecule has 0 aliphatic heterocycles. The lowest BCUT2D eigenvalue weighted by Crippen LogP contribution is -2.04. The van der Waals surface area contributed by atoms with Gasteiger partial charge in [-0.25, -0.2) is 9.48 Å². The molecule has 0 spiro atoms. The Morgan fingerprint density at radius 2 is 1.81 bits per heavy atom. The van der Waals surface area contributed by atoms with Gasteiger partial charge in [-0.15, -0.1) is 0 Å². The fourth-order valence-electron chi connectivity index (χ4n) is 2.11. The molecule has 21 heavy (non-hydrogen) atoms. The molecule has 6 heteroatoms. The molecule has 0 bridgehead atoms. The van der Waals surface area contributed by atoms with Crippen LogP contribution in [-0.2, 0) is 0 Å². The zero-order valence-electron chi connectivity index (χ0n) is 12.5. The van der Waals surface area contributed by atoms with E-state index in [1.54, 1.807) is 31.4 Å². The van der Waals surface area contributed by atoms with E-state index in [1.165, 1.54) is 11.8 Å². The van der Waals surface area contributed by atoms with Crippen LogP contribution in [-0.4, -0.2) is 35.1 Å². The van der Waals surface area contributed by atoms with Crippen LogP contribution >= 0.6 is 0 Å². The smallest absolute Gasteiger partial charge is 0.343 e. The van der Waals surface area contributed by atoms with Gasteiger partial charge >= 0.3 is 5.97 Å². The van der Waals surface area contributed by atoms with Crippen molar-refractivity contribution >= 4 is 5.97 Å². The second-order valence-electron chi connectivity index (χ2n) is 4.84. The molecule has 0 radical (unpaired) electrons. The number of rotatable bonds is 5. The fraction of sp³-hybridized carbons (Fsp3) is 0.333. The van der Waals surface area contributed by atoms with Gasteiger partial charge in [0.25, 0.3) is 0 Å². The Kier molecular flexibility index (Phi) is 4.16. The quantitative estimate of drug-likeness (QED) is 0.916. The maximum absolute atomic E-state index is 11.5. The number of carboxylic acid groups (broad SMARTS) is 1. The number of nitrogens with zero attached hydrogens (tertiary/aromatic N) is 2. The van der Waals surface area contributed by atoms with Crippen molar-refractivity contribution in [3.63, 3.8) is 0 Å². The van der Waals surface area contributed by atoms with E-state index < -0.39 is 5.97 Å². The predicted octanol–water partition coefficient (Wildman–Crippen LogP) is 2.71. The average Bonchev–Trinajstić information content (AvgIpc) is 2.87. The molecule has 6 nitrogen and oxygen atoms in total. The van der Waals surface area contributed by atoms with Gasteiger partial charge in [0.1, 0.15) is 11.3 Å². The van der Waals surface area contributed by atoms with Crippen LogP contribution in [0.1, 0.15) is 35.8 Å². The van der Waals surface area contributed by atoms with E-state index in [0.717, 1.165) is 0 Å². The second-order valence-corrected chi connectivity index (χ2v) is 4.84. The maximum atomic E-state index is 11.5. The summed E-state index contributed by atoms with van der Waals surface area (Å²) >= 11 is 0. The monoisotopic (exact) mass is 290 g/mol. The highest BCUT2D eigenvalue weighted by atomic mass is 16.5. The first kappa shape index (κ1) is 14.9. The number of aromatic nitrogens is 2. The summed E-state index contributed by atoms with van der Waals surface area (Å²) in [6.45, 7) is 3.79. The number of hydrogen-bond acceptors (Lipinski definition) is 4. The average molecular weight is 290 g/mol. The van der Waals surface area contributed by atoms with Gasteiger partial charge < -0.3 is 14.6 Å². The third-order valence-corrected chi connectivity index (χ3v) is 3.14. The minimum absolute atomic E-state index is 0.0236. The Bertz CT molecular complexity index is 644. The zero-order chi connectivity index (χ0) is 15.6. The highest BCUT2D eigenvalue weighted by Gasteiger charge is 2.26. The molecule has 0 unspecified atom stereocenters. The van der Waals surface area contributed by atoms with Gasteiger partial charge in [0.05, 0.1) is 25.6 Å². The van der Waals surface area contributed by atoms with Crippen LogP contribution in [0.2, 0.25) is 0 Å². The lowest BCUT2D eigenvalue weighted by atomic mass is 10.1. The molecule has 1 aromatic carbocycles. The Morgan fingerprint density at radius 3 is 2.24 bits per heavy atom. The van der Waals surface area contributed by atoms with Crippen molar-refractivity contribution in [2.75, 3.05) is 14.2 Å². The predicted molar refractivity (Wildman–Crippen MR) is 77.7 cm³/mol. The number of benzene rings is 1. The van der Waals surface area contributed by atoms with Gasteiger partial charge in [-0.3, -0.25) is 0 Å². The number of carbonyl (C=O) groups is 1. The lowest BCUT2D eigenvalue weighted by Gasteiger charge is -2.07. The van der Waals surface area contributed by atoms with Crippen LogP contribution in [0.3, 0.4) is 0 Å². The first-order chi connectivity index (χ1) is 9.99. The number of hydrogen-bond donors (Lipinski definition) is 1. The van der Waals surface area contributed by atoms with Crippen LogP contribution in [0.15, 0.2) is 24.3 Å². The van der Waals surface area contributed by atoms with Crippen molar-refractivity contribution in [2.45, 2.75) is 19.8 Å². The summed E-state index contributed by atoms with van der Waals surface area (Å²) in [5.74, 6) is -0.136. The van der Waals surface area contributed by atoms with E-state index in [9.17, 15) is 9.90 Å². The molecule has 0 saturated heterocycles.